The van der Waals surface area contributed by atoms with Crippen molar-refractivity contribution >= 4 is 28.4 Å². The third kappa shape index (κ3) is 5.42. The van der Waals surface area contributed by atoms with Gasteiger partial charge >= 0.3 is 0 Å². The monoisotopic (exact) mass is 553 g/mol. The molecule has 0 aliphatic rings. The van der Waals surface area contributed by atoms with Gasteiger partial charge in [-0.25, -0.2) is 4.98 Å². The normalized spacial score (nSPS) is 11.7. The molecule has 1 atom stereocenters. The summed E-state index contributed by atoms with van der Waals surface area (Å²) in [5.74, 6) is 1.41. The first kappa shape index (κ1) is 27.0. The van der Waals surface area contributed by atoms with Crippen molar-refractivity contribution in [1.29, 1.82) is 0 Å². The van der Waals surface area contributed by atoms with Gasteiger partial charge in [0.2, 0.25) is 0 Å². The molecule has 8 heteroatoms. The summed E-state index contributed by atoms with van der Waals surface area (Å²) >= 11 is 6.28. The van der Waals surface area contributed by atoms with E-state index in [-0.39, 0.29) is 11.5 Å². The molecule has 0 aliphatic carbocycles. The molecular formula is C32H28ClN3O4. The molecule has 0 radical (unpaired) electrons. The number of halogens is 1. The molecule has 0 aliphatic heterocycles. The van der Waals surface area contributed by atoms with Gasteiger partial charge in [0, 0.05) is 17.1 Å². The number of rotatable bonds is 8. The van der Waals surface area contributed by atoms with Crippen molar-refractivity contribution in [1.82, 2.24) is 14.5 Å². The van der Waals surface area contributed by atoms with Gasteiger partial charge in [-0.2, -0.15) is 0 Å². The molecule has 7 nitrogen and oxygen atoms in total. The number of nitrogens with zero attached hydrogens (tertiary/aromatic N) is 3. The maximum absolute atomic E-state index is 14.1. The molecule has 1 heterocycles. The molecule has 0 fully saturated rings. The lowest BCUT2D eigenvalue weighted by atomic mass is 10.1. The first-order valence-electron chi connectivity index (χ1n) is 12.7. The van der Waals surface area contributed by atoms with E-state index in [2.05, 4.69) is 0 Å². The Morgan fingerprint density at radius 1 is 0.900 bits per heavy atom. The highest BCUT2D eigenvalue weighted by Gasteiger charge is 2.28. The van der Waals surface area contributed by atoms with E-state index in [1.165, 1.54) is 0 Å². The Bertz CT molecular complexity index is 1720. The highest BCUT2D eigenvalue weighted by atomic mass is 35.5. The minimum Gasteiger partial charge on any atom is -0.497 e. The summed E-state index contributed by atoms with van der Waals surface area (Å²) in [6.07, 6.45) is 0. The van der Waals surface area contributed by atoms with Gasteiger partial charge in [0.25, 0.3) is 11.5 Å². The summed E-state index contributed by atoms with van der Waals surface area (Å²) in [6.45, 7) is 2.17. The number of methoxy groups -OCH3 is 2. The first-order chi connectivity index (χ1) is 19.4. The lowest BCUT2D eigenvalue weighted by Gasteiger charge is -2.31. The van der Waals surface area contributed by atoms with Crippen LogP contribution in [-0.2, 0) is 6.54 Å². The molecule has 0 saturated carbocycles. The summed E-state index contributed by atoms with van der Waals surface area (Å²) in [4.78, 5) is 34.7. The van der Waals surface area contributed by atoms with Crippen molar-refractivity contribution in [3.63, 3.8) is 0 Å². The Hall–Kier alpha value is -4.62. The number of aromatic nitrogens is 2. The Morgan fingerprint density at radius 2 is 1.62 bits per heavy atom. The number of amides is 1. The quantitative estimate of drug-likeness (QED) is 0.220. The zero-order valence-corrected chi connectivity index (χ0v) is 23.1. The minimum atomic E-state index is -0.614. The summed E-state index contributed by atoms with van der Waals surface area (Å²) < 4.78 is 12.2. The van der Waals surface area contributed by atoms with Crippen LogP contribution in [0.15, 0.2) is 102 Å². The molecule has 1 aromatic heterocycles. The van der Waals surface area contributed by atoms with Gasteiger partial charge in [0.05, 0.1) is 36.9 Å². The smallest absolute Gasteiger partial charge is 0.266 e. The van der Waals surface area contributed by atoms with E-state index < -0.39 is 6.04 Å². The highest BCUT2D eigenvalue weighted by molar-refractivity contribution is 6.31. The van der Waals surface area contributed by atoms with Gasteiger partial charge in [0.15, 0.2) is 0 Å². The van der Waals surface area contributed by atoms with E-state index in [1.807, 2.05) is 37.3 Å². The van der Waals surface area contributed by atoms with Gasteiger partial charge in [-0.15, -0.1) is 0 Å². The lowest BCUT2D eigenvalue weighted by molar-refractivity contribution is 0.0663. The standard InChI is InChI=1S/C32H28ClN3O4/c1-21(35(20-22-8-5-4-6-9-22)31(37)23-10-7-11-27(18-23)40-3)30-34-29-19-24(33)12-17-28(29)32(38)36(30)25-13-15-26(39-2)16-14-25/h4-19,21H,20H2,1-3H3. The fourth-order valence-corrected chi connectivity index (χ4v) is 4.83. The van der Waals surface area contributed by atoms with Gasteiger partial charge < -0.3 is 14.4 Å². The average molecular weight is 554 g/mol. The van der Waals surface area contributed by atoms with Crippen LogP contribution < -0.4 is 15.0 Å². The molecule has 0 bridgehead atoms. The lowest BCUT2D eigenvalue weighted by Crippen LogP contribution is -2.37. The average Bonchev–Trinajstić information content (AvgIpc) is 2.99. The second-order valence-electron chi connectivity index (χ2n) is 9.30. The molecule has 0 saturated heterocycles. The molecule has 0 spiro atoms. The fraction of sp³-hybridized carbons (Fsp3) is 0.156. The number of fused-ring (bicyclic) bond motifs is 1. The fourth-order valence-electron chi connectivity index (χ4n) is 4.66. The SMILES string of the molecule is COc1ccc(-n2c(C(C)N(Cc3ccccc3)C(=O)c3cccc(OC)c3)nc3cc(Cl)ccc3c2=O)cc1. The number of hydrogen-bond donors (Lipinski definition) is 0. The van der Waals surface area contributed by atoms with E-state index in [4.69, 9.17) is 26.1 Å². The van der Waals surface area contributed by atoms with Gasteiger partial charge in [-0.05, 0) is 73.2 Å². The molecule has 40 heavy (non-hydrogen) atoms. The van der Waals surface area contributed by atoms with Crippen LogP contribution in [0.3, 0.4) is 0 Å². The summed E-state index contributed by atoms with van der Waals surface area (Å²) in [5.41, 5.74) is 2.20. The van der Waals surface area contributed by atoms with Gasteiger partial charge in [-0.3, -0.25) is 14.2 Å². The first-order valence-corrected chi connectivity index (χ1v) is 13.1. The van der Waals surface area contributed by atoms with Crippen LogP contribution in [-0.4, -0.2) is 34.6 Å². The molecule has 1 unspecified atom stereocenters. The van der Waals surface area contributed by atoms with Crippen molar-refractivity contribution < 1.29 is 14.3 Å². The molecular weight excluding hydrogens is 526 g/mol. The third-order valence-corrected chi connectivity index (χ3v) is 7.04. The summed E-state index contributed by atoms with van der Waals surface area (Å²) in [6, 6.07) is 28.3. The van der Waals surface area contributed by atoms with Crippen molar-refractivity contribution in [3.8, 4) is 17.2 Å². The second-order valence-corrected chi connectivity index (χ2v) is 9.73. The second kappa shape index (κ2) is 11.6. The Balaban J connectivity index is 1.71. The zero-order valence-electron chi connectivity index (χ0n) is 22.4. The van der Waals surface area contributed by atoms with Crippen LogP contribution >= 0.6 is 11.6 Å². The topological polar surface area (TPSA) is 73.7 Å². The molecule has 1 amide bonds. The molecule has 5 rings (SSSR count). The Morgan fingerprint density at radius 3 is 2.33 bits per heavy atom. The molecule has 4 aromatic carbocycles. The van der Waals surface area contributed by atoms with E-state index in [0.717, 1.165) is 5.56 Å². The van der Waals surface area contributed by atoms with Crippen LogP contribution in [0.1, 0.15) is 34.7 Å². The predicted octanol–water partition coefficient (Wildman–Crippen LogP) is 6.46. The van der Waals surface area contributed by atoms with Crippen LogP contribution in [0.25, 0.3) is 16.6 Å². The third-order valence-electron chi connectivity index (χ3n) is 6.80. The van der Waals surface area contributed by atoms with Crippen LogP contribution in [0.5, 0.6) is 11.5 Å². The number of carbonyl (C=O) groups is 1. The summed E-state index contributed by atoms with van der Waals surface area (Å²) in [7, 11) is 3.15. The molecule has 202 valence electrons. The van der Waals surface area contributed by atoms with Crippen molar-refractivity contribution in [2.24, 2.45) is 0 Å². The van der Waals surface area contributed by atoms with E-state index in [9.17, 15) is 9.59 Å². The Kier molecular flexibility index (Phi) is 7.84. The van der Waals surface area contributed by atoms with E-state index in [0.29, 0.717) is 51.0 Å². The van der Waals surface area contributed by atoms with Crippen molar-refractivity contribution in [3.05, 3.63) is 129 Å². The number of ether oxygens (including phenoxy) is 2. The number of carbonyl (C=O) groups excluding carboxylic acids is 1. The van der Waals surface area contributed by atoms with E-state index >= 15 is 0 Å². The van der Waals surface area contributed by atoms with Gasteiger partial charge in [-0.1, -0.05) is 48.0 Å². The zero-order chi connectivity index (χ0) is 28.2. The van der Waals surface area contributed by atoms with Crippen LogP contribution in [0, 0.1) is 0 Å². The van der Waals surface area contributed by atoms with Crippen molar-refractivity contribution in [2.45, 2.75) is 19.5 Å². The Labute approximate surface area is 237 Å². The maximum atomic E-state index is 14.1. The van der Waals surface area contributed by atoms with Crippen LogP contribution in [0.2, 0.25) is 5.02 Å². The van der Waals surface area contributed by atoms with Crippen molar-refractivity contribution in [2.75, 3.05) is 14.2 Å². The number of hydrogen-bond acceptors (Lipinski definition) is 5. The van der Waals surface area contributed by atoms with Crippen LogP contribution in [0.4, 0.5) is 0 Å². The largest absolute Gasteiger partial charge is 0.497 e. The van der Waals surface area contributed by atoms with Gasteiger partial charge in [0.1, 0.15) is 17.3 Å². The predicted molar refractivity (Wildman–Crippen MR) is 157 cm³/mol. The maximum Gasteiger partial charge on any atom is 0.266 e. The molecule has 5 aromatic rings. The number of benzene rings is 4. The minimum absolute atomic E-state index is 0.225. The highest BCUT2D eigenvalue weighted by Crippen LogP contribution is 2.28. The summed E-state index contributed by atoms with van der Waals surface area (Å²) in [5, 5.41) is 0.888. The molecule has 0 N–H and O–H groups in total. The van der Waals surface area contributed by atoms with E-state index in [1.54, 1.807) is 90.4 Å².